The molecule has 0 radical (unpaired) electrons. The molecule has 4 heterocycles. The van der Waals surface area contributed by atoms with Crippen LogP contribution in [-0.4, -0.2) is 29.9 Å². The van der Waals surface area contributed by atoms with E-state index in [4.69, 9.17) is 24.9 Å². The van der Waals surface area contributed by atoms with Gasteiger partial charge in [0.15, 0.2) is 17.5 Å². The van der Waals surface area contributed by atoms with Gasteiger partial charge in [-0.1, -0.05) is 121 Å². The zero-order chi connectivity index (χ0) is 32.1. The molecule has 0 aliphatic heterocycles. The summed E-state index contributed by atoms with van der Waals surface area (Å²) in [5, 5.41) is 0. The van der Waals surface area contributed by atoms with Crippen LogP contribution in [0.4, 0.5) is 0 Å². The average Bonchev–Trinajstić information content (AvgIpc) is 3.19. The second-order valence-electron chi connectivity index (χ2n) is 11.3. The number of hydrogen-bond acceptors (Lipinski definition) is 6. The van der Waals surface area contributed by atoms with Crippen LogP contribution in [0.25, 0.3) is 79.2 Å². The van der Waals surface area contributed by atoms with Crippen molar-refractivity contribution in [2.45, 2.75) is 0 Å². The maximum absolute atomic E-state index is 4.97. The summed E-state index contributed by atoms with van der Waals surface area (Å²) in [4.78, 5) is 29.0. The number of benzene rings is 4. The molecule has 0 unspecified atom stereocenters. The molecule has 0 saturated heterocycles. The number of nitrogens with zero attached hydrogens (tertiary/aromatic N) is 6. The Kier molecular flexibility index (Phi) is 7.79. The Labute approximate surface area is 278 Å². The number of rotatable bonds is 7. The van der Waals surface area contributed by atoms with Gasteiger partial charge in [0.2, 0.25) is 0 Å². The molecule has 0 bridgehead atoms. The fraction of sp³-hybridized carbons (Fsp3) is 0. The lowest BCUT2D eigenvalue weighted by Crippen LogP contribution is -2.00. The zero-order valence-corrected chi connectivity index (χ0v) is 25.8. The van der Waals surface area contributed by atoms with Gasteiger partial charge in [-0.05, 0) is 53.1 Å². The van der Waals surface area contributed by atoms with Crippen molar-refractivity contribution in [2.75, 3.05) is 0 Å². The molecule has 6 nitrogen and oxygen atoms in total. The minimum absolute atomic E-state index is 0.609. The van der Waals surface area contributed by atoms with E-state index in [0.29, 0.717) is 17.5 Å². The van der Waals surface area contributed by atoms with Crippen molar-refractivity contribution in [3.63, 3.8) is 0 Å². The minimum atomic E-state index is 0.609. The molecule has 4 aromatic heterocycles. The quantitative estimate of drug-likeness (QED) is 0.177. The standard InChI is InChI=1S/C42H28N6/c1-4-13-29(14-5-1)35-26-38(36-21-10-11-24-43-36)45-39(27-35)37-23-22-34(28-44-37)32-19-12-20-33(25-32)42-47-40(30-15-6-2-7-16-30)46-41(48-42)31-17-8-3-9-18-31/h1-28H. The highest BCUT2D eigenvalue weighted by atomic mass is 15.0. The highest BCUT2D eigenvalue weighted by Gasteiger charge is 2.14. The van der Waals surface area contributed by atoms with Crippen LogP contribution in [0.1, 0.15) is 0 Å². The van der Waals surface area contributed by atoms with E-state index >= 15 is 0 Å². The van der Waals surface area contributed by atoms with Gasteiger partial charge in [0.1, 0.15) is 0 Å². The highest BCUT2D eigenvalue weighted by Crippen LogP contribution is 2.31. The molecule has 0 fully saturated rings. The van der Waals surface area contributed by atoms with Gasteiger partial charge in [-0.25, -0.2) is 19.9 Å². The Morgan fingerprint density at radius 1 is 0.271 bits per heavy atom. The third-order valence-corrected chi connectivity index (χ3v) is 8.04. The van der Waals surface area contributed by atoms with Crippen molar-refractivity contribution in [1.29, 1.82) is 0 Å². The van der Waals surface area contributed by atoms with Crippen LogP contribution in [0, 0.1) is 0 Å². The molecule has 6 heteroatoms. The van der Waals surface area contributed by atoms with Crippen molar-refractivity contribution in [3.05, 3.63) is 170 Å². The largest absolute Gasteiger partial charge is 0.255 e. The van der Waals surface area contributed by atoms with Gasteiger partial charge in [-0.3, -0.25) is 9.97 Å². The van der Waals surface area contributed by atoms with Gasteiger partial charge in [0, 0.05) is 34.6 Å². The van der Waals surface area contributed by atoms with Gasteiger partial charge in [-0.2, -0.15) is 0 Å². The normalized spacial score (nSPS) is 10.9. The van der Waals surface area contributed by atoms with Crippen molar-refractivity contribution in [3.8, 4) is 79.2 Å². The molecular weight excluding hydrogens is 589 g/mol. The Balaban J connectivity index is 1.16. The van der Waals surface area contributed by atoms with Crippen LogP contribution in [0.15, 0.2) is 170 Å². The molecular formula is C42H28N6. The summed E-state index contributed by atoms with van der Waals surface area (Å²) in [6.07, 6.45) is 3.68. The second-order valence-corrected chi connectivity index (χ2v) is 11.3. The van der Waals surface area contributed by atoms with E-state index < -0.39 is 0 Å². The first kappa shape index (κ1) is 28.8. The van der Waals surface area contributed by atoms with Crippen LogP contribution >= 0.6 is 0 Å². The molecule has 0 atom stereocenters. The van der Waals surface area contributed by atoms with Gasteiger partial charge in [-0.15, -0.1) is 0 Å². The highest BCUT2D eigenvalue weighted by molar-refractivity contribution is 5.76. The van der Waals surface area contributed by atoms with Crippen LogP contribution in [0.5, 0.6) is 0 Å². The first-order chi connectivity index (χ1) is 23.8. The third-order valence-electron chi connectivity index (χ3n) is 8.04. The van der Waals surface area contributed by atoms with E-state index in [0.717, 1.165) is 61.7 Å². The maximum Gasteiger partial charge on any atom is 0.164 e. The van der Waals surface area contributed by atoms with E-state index in [1.807, 2.05) is 121 Å². The summed E-state index contributed by atoms with van der Waals surface area (Å²) < 4.78 is 0. The van der Waals surface area contributed by atoms with E-state index in [1.54, 1.807) is 6.20 Å². The molecule has 0 N–H and O–H groups in total. The fourth-order valence-corrected chi connectivity index (χ4v) is 5.60. The van der Waals surface area contributed by atoms with Crippen LogP contribution in [-0.2, 0) is 0 Å². The monoisotopic (exact) mass is 616 g/mol. The maximum atomic E-state index is 4.97. The number of hydrogen-bond donors (Lipinski definition) is 0. The van der Waals surface area contributed by atoms with E-state index in [1.165, 1.54) is 0 Å². The summed E-state index contributed by atoms with van der Waals surface area (Å²) in [5.41, 5.74) is 10.1. The van der Waals surface area contributed by atoms with Crippen molar-refractivity contribution in [1.82, 2.24) is 29.9 Å². The molecule has 0 amide bonds. The Morgan fingerprint density at radius 3 is 1.35 bits per heavy atom. The number of pyridine rings is 3. The smallest absolute Gasteiger partial charge is 0.164 e. The van der Waals surface area contributed by atoms with Crippen LogP contribution < -0.4 is 0 Å². The summed E-state index contributed by atoms with van der Waals surface area (Å²) in [5.74, 6) is 1.87. The molecule has 8 rings (SSSR count). The zero-order valence-electron chi connectivity index (χ0n) is 25.8. The summed E-state index contributed by atoms with van der Waals surface area (Å²) >= 11 is 0. The molecule has 0 saturated carbocycles. The lowest BCUT2D eigenvalue weighted by molar-refractivity contribution is 1.07. The van der Waals surface area contributed by atoms with Crippen molar-refractivity contribution < 1.29 is 0 Å². The van der Waals surface area contributed by atoms with Gasteiger partial charge in [0.25, 0.3) is 0 Å². The van der Waals surface area contributed by atoms with E-state index in [2.05, 4.69) is 47.4 Å². The molecule has 0 spiro atoms. The molecule has 4 aromatic carbocycles. The van der Waals surface area contributed by atoms with Gasteiger partial charge >= 0.3 is 0 Å². The minimum Gasteiger partial charge on any atom is -0.255 e. The van der Waals surface area contributed by atoms with E-state index in [-0.39, 0.29) is 0 Å². The Hall–Kier alpha value is -6.66. The number of aromatic nitrogens is 6. The summed E-state index contributed by atoms with van der Waals surface area (Å²) in [6.45, 7) is 0. The SMILES string of the molecule is c1ccc(-c2cc(-c3ccccn3)nc(-c3ccc(-c4cccc(-c5nc(-c6ccccc6)nc(-c6ccccc6)n5)c4)cn3)c2)cc1. The molecule has 8 aromatic rings. The van der Waals surface area contributed by atoms with Crippen LogP contribution in [0.2, 0.25) is 0 Å². The fourth-order valence-electron chi connectivity index (χ4n) is 5.60. The second kappa shape index (κ2) is 13.0. The lowest BCUT2D eigenvalue weighted by atomic mass is 10.0. The van der Waals surface area contributed by atoms with Crippen molar-refractivity contribution in [2.24, 2.45) is 0 Å². The summed E-state index contributed by atoms with van der Waals surface area (Å²) in [7, 11) is 0. The predicted molar refractivity (Wildman–Crippen MR) is 191 cm³/mol. The van der Waals surface area contributed by atoms with Gasteiger partial charge in [0.05, 0.1) is 22.8 Å². The van der Waals surface area contributed by atoms with Crippen molar-refractivity contribution >= 4 is 0 Å². The average molecular weight is 617 g/mol. The molecule has 226 valence electrons. The van der Waals surface area contributed by atoms with Crippen LogP contribution in [0.3, 0.4) is 0 Å². The molecule has 0 aliphatic rings. The molecule has 0 aliphatic carbocycles. The Bertz CT molecular complexity index is 2190. The van der Waals surface area contributed by atoms with Gasteiger partial charge < -0.3 is 0 Å². The topological polar surface area (TPSA) is 77.3 Å². The first-order valence-corrected chi connectivity index (χ1v) is 15.7. The first-order valence-electron chi connectivity index (χ1n) is 15.7. The molecule has 48 heavy (non-hydrogen) atoms. The third kappa shape index (κ3) is 6.10. The predicted octanol–water partition coefficient (Wildman–Crippen LogP) is 9.73. The summed E-state index contributed by atoms with van der Waals surface area (Å²) in [6, 6.07) is 52.6. The Morgan fingerprint density at radius 2 is 0.792 bits per heavy atom. The van der Waals surface area contributed by atoms with E-state index in [9.17, 15) is 0 Å². The lowest BCUT2D eigenvalue weighted by Gasteiger charge is -2.11.